The van der Waals surface area contributed by atoms with Crippen LogP contribution in [0.3, 0.4) is 0 Å². The Kier molecular flexibility index (Phi) is 6.15. The summed E-state index contributed by atoms with van der Waals surface area (Å²) in [5, 5.41) is 12.4. The third-order valence-corrected chi connectivity index (χ3v) is 2.56. The number of phenolic OH excluding ortho intramolecular Hbond substituents is 1. The van der Waals surface area contributed by atoms with Gasteiger partial charge in [-0.25, -0.2) is 0 Å². The molecule has 0 spiro atoms. The summed E-state index contributed by atoms with van der Waals surface area (Å²) >= 11 is 0. The Bertz CT molecular complexity index is 421. The van der Waals surface area contributed by atoms with Gasteiger partial charge in [0, 0.05) is 13.1 Å². The van der Waals surface area contributed by atoms with E-state index >= 15 is 0 Å². The number of rotatable bonds is 7. The molecule has 0 saturated heterocycles. The van der Waals surface area contributed by atoms with Crippen LogP contribution in [0.2, 0.25) is 0 Å². The monoisotopic (exact) mass is 266 g/mol. The number of phenols is 1. The zero-order valence-corrected chi connectivity index (χ0v) is 11.8. The number of hydrogen-bond donors (Lipinski definition) is 2. The summed E-state index contributed by atoms with van der Waals surface area (Å²) < 4.78 is 5.33. The molecule has 1 rings (SSSR count). The van der Waals surface area contributed by atoms with Gasteiger partial charge in [0.2, 0.25) is 5.91 Å². The van der Waals surface area contributed by atoms with Crippen LogP contribution < -0.4 is 10.1 Å². The highest BCUT2D eigenvalue weighted by atomic mass is 16.5. The Hall–Kier alpha value is -1.75. The van der Waals surface area contributed by atoms with E-state index in [2.05, 4.69) is 5.32 Å². The minimum Gasteiger partial charge on any atom is -0.504 e. The van der Waals surface area contributed by atoms with Crippen molar-refractivity contribution in [3.63, 3.8) is 0 Å². The van der Waals surface area contributed by atoms with Crippen molar-refractivity contribution in [2.45, 2.75) is 20.4 Å². The van der Waals surface area contributed by atoms with Crippen molar-refractivity contribution in [3.8, 4) is 11.5 Å². The topological polar surface area (TPSA) is 61.8 Å². The molecule has 1 aromatic rings. The largest absolute Gasteiger partial charge is 0.504 e. The molecule has 19 heavy (non-hydrogen) atoms. The van der Waals surface area contributed by atoms with Gasteiger partial charge in [-0.3, -0.25) is 9.69 Å². The molecule has 106 valence electrons. The normalized spacial score (nSPS) is 10.5. The Balaban J connectivity index is 2.61. The number of carbonyl (C=O) groups is 1. The number of aromatic hydroxyl groups is 1. The van der Waals surface area contributed by atoms with Gasteiger partial charge in [-0.2, -0.15) is 0 Å². The fraction of sp³-hybridized carbons (Fsp3) is 0.500. The third-order valence-electron chi connectivity index (χ3n) is 2.56. The molecule has 0 aliphatic rings. The molecular weight excluding hydrogens is 244 g/mol. The van der Waals surface area contributed by atoms with Gasteiger partial charge in [0.1, 0.15) is 0 Å². The van der Waals surface area contributed by atoms with E-state index < -0.39 is 0 Å². The van der Waals surface area contributed by atoms with E-state index in [1.165, 1.54) is 0 Å². The fourth-order valence-electron chi connectivity index (χ4n) is 1.79. The summed E-state index contributed by atoms with van der Waals surface area (Å²) in [5.41, 5.74) is 0.994. The molecule has 1 amide bonds. The van der Waals surface area contributed by atoms with Gasteiger partial charge in [-0.05, 0) is 38.6 Å². The highest BCUT2D eigenvalue weighted by molar-refractivity contribution is 5.77. The minimum atomic E-state index is 0.00816. The smallest absolute Gasteiger partial charge is 0.234 e. The highest BCUT2D eigenvalue weighted by Crippen LogP contribution is 2.27. The van der Waals surface area contributed by atoms with Crippen molar-refractivity contribution in [3.05, 3.63) is 23.8 Å². The molecule has 0 aromatic heterocycles. The first kappa shape index (κ1) is 15.3. The maximum absolute atomic E-state index is 11.4. The highest BCUT2D eigenvalue weighted by Gasteiger charge is 2.08. The summed E-state index contributed by atoms with van der Waals surface area (Å²) in [6.45, 7) is 5.88. The Morgan fingerprint density at radius 3 is 2.79 bits per heavy atom. The van der Waals surface area contributed by atoms with Crippen LogP contribution in [0.15, 0.2) is 18.2 Å². The predicted octanol–water partition coefficient (Wildman–Crippen LogP) is 1.36. The van der Waals surface area contributed by atoms with Crippen LogP contribution in [0, 0.1) is 0 Å². The standard InChI is InChI=1S/C14H22N2O3/c1-4-15-14(18)10-16(3)9-11-6-7-12(17)13(8-11)19-5-2/h6-8,17H,4-5,9-10H2,1-3H3,(H,15,18). The van der Waals surface area contributed by atoms with Crippen LogP contribution >= 0.6 is 0 Å². The molecule has 0 aliphatic carbocycles. The fourth-order valence-corrected chi connectivity index (χ4v) is 1.79. The van der Waals surface area contributed by atoms with E-state index in [0.717, 1.165) is 5.56 Å². The molecule has 0 bridgehead atoms. The van der Waals surface area contributed by atoms with E-state index in [9.17, 15) is 9.90 Å². The Morgan fingerprint density at radius 2 is 2.16 bits per heavy atom. The maximum Gasteiger partial charge on any atom is 0.234 e. The van der Waals surface area contributed by atoms with E-state index in [1.807, 2.05) is 31.9 Å². The lowest BCUT2D eigenvalue weighted by atomic mass is 10.2. The molecule has 0 aliphatic heterocycles. The zero-order chi connectivity index (χ0) is 14.3. The van der Waals surface area contributed by atoms with Gasteiger partial charge in [0.05, 0.1) is 13.2 Å². The number of nitrogens with one attached hydrogen (secondary N) is 1. The lowest BCUT2D eigenvalue weighted by Gasteiger charge is -2.17. The Morgan fingerprint density at radius 1 is 1.42 bits per heavy atom. The van der Waals surface area contributed by atoms with Crippen molar-refractivity contribution in [2.75, 3.05) is 26.7 Å². The minimum absolute atomic E-state index is 0.00816. The number of nitrogens with zero attached hydrogens (tertiary/aromatic N) is 1. The van der Waals surface area contributed by atoms with E-state index in [0.29, 0.717) is 32.0 Å². The quantitative estimate of drug-likeness (QED) is 0.782. The van der Waals surface area contributed by atoms with Crippen LogP contribution in [0.25, 0.3) is 0 Å². The molecule has 5 heteroatoms. The van der Waals surface area contributed by atoms with E-state index in [4.69, 9.17) is 4.74 Å². The van der Waals surface area contributed by atoms with Crippen molar-refractivity contribution >= 4 is 5.91 Å². The van der Waals surface area contributed by atoms with Gasteiger partial charge in [0.15, 0.2) is 11.5 Å². The average Bonchev–Trinajstić information content (AvgIpc) is 2.33. The molecule has 0 unspecified atom stereocenters. The van der Waals surface area contributed by atoms with Crippen molar-refractivity contribution in [1.82, 2.24) is 10.2 Å². The number of hydrogen-bond acceptors (Lipinski definition) is 4. The number of ether oxygens (including phenoxy) is 1. The molecule has 0 fully saturated rings. The van der Waals surface area contributed by atoms with Crippen molar-refractivity contribution < 1.29 is 14.6 Å². The molecule has 0 heterocycles. The summed E-state index contributed by atoms with van der Waals surface area (Å²) in [6.07, 6.45) is 0. The van der Waals surface area contributed by atoms with Crippen LogP contribution in [-0.2, 0) is 11.3 Å². The summed E-state index contributed by atoms with van der Waals surface area (Å²) in [4.78, 5) is 13.4. The van der Waals surface area contributed by atoms with Gasteiger partial charge >= 0.3 is 0 Å². The molecular formula is C14H22N2O3. The van der Waals surface area contributed by atoms with Crippen LogP contribution in [0.4, 0.5) is 0 Å². The second kappa shape index (κ2) is 7.63. The molecule has 1 aromatic carbocycles. The molecule has 0 atom stereocenters. The number of carbonyl (C=O) groups excluding carboxylic acids is 1. The second-order valence-electron chi connectivity index (χ2n) is 4.36. The van der Waals surface area contributed by atoms with Gasteiger partial charge < -0.3 is 15.2 Å². The summed E-state index contributed by atoms with van der Waals surface area (Å²) in [5.74, 6) is 0.622. The molecule has 0 saturated carbocycles. The summed E-state index contributed by atoms with van der Waals surface area (Å²) in [7, 11) is 1.88. The first-order chi connectivity index (χ1) is 9.06. The first-order valence-corrected chi connectivity index (χ1v) is 6.46. The number of likely N-dealkylation sites (N-methyl/N-ethyl adjacent to an activating group) is 2. The van der Waals surface area contributed by atoms with E-state index in [-0.39, 0.29) is 11.7 Å². The first-order valence-electron chi connectivity index (χ1n) is 6.46. The zero-order valence-electron chi connectivity index (χ0n) is 11.8. The van der Waals surface area contributed by atoms with Crippen molar-refractivity contribution in [2.24, 2.45) is 0 Å². The van der Waals surface area contributed by atoms with Crippen LogP contribution in [0.1, 0.15) is 19.4 Å². The van der Waals surface area contributed by atoms with Gasteiger partial charge in [-0.1, -0.05) is 6.07 Å². The van der Waals surface area contributed by atoms with E-state index in [1.54, 1.807) is 12.1 Å². The van der Waals surface area contributed by atoms with Gasteiger partial charge in [-0.15, -0.1) is 0 Å². The summed E-state index contributed by atoms with van der Waals surface area (Å²) in [6, 6.07) is 5.24. The van der Waals surface area contributed by atoms with Crippen LogP contribution in [-0.4, -0.2) is 42.7 Å². The van der Waals surface area contributed by atoms with Gasteiger partial charge in [0.25, 0.3) is 0 Å². The SMILES string of the molecule is CCNC(=O)CN(C)Cc1ccc(O)c(OCC)c1. The lowest BCUT2D eigenvalue weighted by Crippen LogP contribution is -2.34. The lowest BCUT2D eigenvalue weighted by molar-refractivity contribution is -0.121. The second-order valence-corrected chi connectivity index (χ2v) is 4.36. The van der Waals surface area contributed by atoms with Crippen LogP contribution in [0.5, 0.6) is 11.5 Å². The average molecular weight is 266 g/mol. The molecule has 2 N–H and O–H groups in total. The maximum atomic E-state index is 11.4. The van der Waals surface area contributed by atoms with Crippen molar-refractivity contribution in [1.29, 1.82) is 0 Å². The predicted molar refractivity (Wildman–Crippen MR) is 74.3 cm³/mol. The molecule has 0 radical (unpaired) electrons. The number of benzene rings is 1. The Labute approximate surface area is 114 Å². The number of amides is 1. The molecule has 5 nitrogen and oxygen atoms in total. The third kappa shape index (κ3) is 5.18.